The maximum absolute atomic E-state index is 10.5. The number of anilines is 1. The van der Waals surface area contributed by atoms with Gasteiger partial charge in [-0.25, -0.2) is 4.98 Å². The number of hydrogen-bond acceptors (Lipinski definition) is 6. The lowest BCUT2D eigenvalue weighted by atomic mass is 9.98. The molecule has 1 aromatic rings. The quantitative estimate of drug-likeness (QED) is 0.788. The Morgan fingerprint density at radius 1 is 1.67 bits per heavy atom. The van der Waals surface area contributed by atoms with E-state index in [1.54, 1.807) is 13.3 Å². The van der Waals surface area contributed by atoms with E-state index in [9.17, 15) is 4.79 Å². The van der Waals surface area contributed by atoms with Crippen LogP contribution in [0.1, 0.15) is 12.8 Å². The SMILES string of the molecule is COc1nc(N2CCCC(CNCC(=O)O)C2)ncc1Br. The molecule has 1 aromatic heterocycles. The molecule has 8 heteroatoms. The fourth-order valence-electron chi connectivity index (χ4n) is 2.43. The van der Waals surface area contributed by atoms with Gasteiger partial charge in [0, 0.05) is 19.6 Å². The molecule has 116 valence electrons. The van der Waals surface area contributed by atoms with Crippen LogP contribution in [0.5, 0.6) is 5.88 Å². The smallest absolute Gasteiger partial charge is 0.317 e. The Morgan fingerprint density at radius 3 is 3.19 bits per heavy atom. The van der Waals surface area contributed by atoms with Crippen LogP contribution in [0.15, 0.2) is 10.7 Å². The van der Waals surface area contributed by atoms with Crippen molar-refractivity contribution in [3.8, 4) is 5.88 Å². The number of aliphatic carboxylic acids is 1. The first-order valence-corrected chi connectivity index (χ1v) is 7.63. The van der Waals surface area contributed by atoms with Crippen LogP contribution in [0.3, 0.4) is 0 Å². The topological polar surface area (TPSA) is 87.6 Å². The van der Waals surface area contributed by atoms with Gasteiger partial charge in [-0.05, 0) is 34.7 Å². The van der Waals surface area contributed by atoms with Crippen LogP contribution in [0.2, 0.25) is 0 Å². The first-order valence-electron chi connectivity index (χ1n) is 6.84. The number of aromatic nitrogens is 2. The molecule has 21 heavy (non-hydrogen) atoms. The first kappa shape index (κ1) is 16.0. The number of halogens is 1. The maximum Gasteiger partial charge on any atom is 0.317 e. The average molecular weight is 359 g/mol. The summed E-state index contributed by atoms with van der Waals surface area (Å²) in [6.45, 7) is 2.41. The van der Waals surface area contributed by atoms with E-state index in [4.69, 9.17) is 9.84 Å². The molecular weight excluding hydrogens is 340 g/mol. The van der Waals surface area contributed by atoms with E-state index in [1.807, 2.05) is 0 Å². The van der Waals surface area contributed by atoms with Gasteiger partial charge in [0.1, 0.15) is 0 Å². The fraction of sp³-hybridized carbons (Fsp3) is 0.615. The Kier molecular flexibility index (Phi) is 5.75. The van der Waals surface area contributed by atoms with Crippen molar-refractivity contribution in [3.63, 3.8) is 0 Å². The monoisotopic (exact) mass is 358 g/mol. The van der Waals surface area contributed by atoms with E-state index in [1.165, 1.54) is 0 Å². The predicted octanol–water partition coefficient (Wildman–Crippen LogP) is 1.14. The highest BCUT2D eigenvalue weighted by Crippen LogP contribution is 2.26. The van der Waals surface area contributed by atoms with Gasteiger partial charge in [-0.3, -0.25) is 4.79 Å². The number of carboxylic acid groups (broad SMARTS) is 1. The molecule has 0 amide bonds. The van der Waals surface area contributed by atoms with Crippen molar-refractivity contribution in [2.24, 2.45) is 5.92 Å². The summed E-state index contributed by atoms with van der Waals surface area (Å²) >= 11 is 3.34. The summed E-state index contributed by atoms with van der Waals surface area (Å²) in [4.78, 5) is 21.4. The maximum atomic E-state index is 10.5. The Hall–Kier alpha value is -1.41. The summed E-state index contributed by atoms with van der Waals surface area (Å²) in [5, 5.41) is 11.6. The van der Waals surface area contributed by atoms with Crippen molar-refractivity contribution in [1.29, 1.82) is 0 Å². The first-order chi connectivity index (χ1) is 10.1. The zero-order chi connectivity index (χ0) is 15.2. The highest BCUT2D eigenvalue weighted by Gasteiger charge is 2.22. The number of methoxy groups -OCH3 is 1. The number of carboxylic acids is 1. The summed E-state index contributed by atoms with van der Waals surface area (Å²) < 4.78 is 5.92. The molecule has 1 unspecified atom stereocenters. The number of ether oxygens (including phenoxy) is 1. The number of nitrogens with one attached hydrogen (secondary N) is 1. The molecule has 0 radical (unpaired) electrons. The summed E-state index contributed by atoms with van der Waals surface area (Å²) in [5.74, 6) is 0.740. The molecule has 0 spiro atoms. The Bertz CT molecular complexity index is 500. The number of nitrogens with zero attached hydrogens (tertiary/aromatic N) is 3. The van der Waals surface area contributed by atoms with Gasteiger partial charge in [0.15, 0.2) is 0 Å². The van der Waals surface area contributed by atoms with Gasteiger partial charge < -0.3 is 20.1 Å². The molecule has 2 heterocycles. The molecule has 2 N–H and O–H groups in total. The second kappa shape index (κ2) is 7.56. The summed E-state index contributed by atoms with van der Waals surface area (Å²) in [5.41, 5.74) is 0. The van der Waals surface area contributed by atoms with E-state index >= 15 is 0 Å². The van der Waals surface area contributed by atoms with Crippen LogP contribution >= 0.6 is 15.9 Å². The van der Waals surface area contributed by atoms with Gasteiger partial charge in [-0.1, -0.05) is 0 Å². The van der Waals surface area contributed by atoms with Gasteiger partial charge >= 0.3 is 5.97 Å². The van der Waals surface area contributed by atoms with Gasteiger partial charge in [0.2, 0.25) is 11.8 Å². The zero-order valence-corrected chi connectivity index (χ0v) is 13.5. The van der Waals surface area contributed by atoms with Crippen LogP contribution in [-0.2, 0) is 4.79 Å². The van der Waals surface area contributed by atoms with Gasteiger partial charge in [0.25, 0.3) is 0 Å². The van der Waals surface area contributed by atoms with E-state index in [2.05, 4.69) is 36.1 Å². The van der Waals surface area contributed by atoms with Gasteiger partial charge in [-0.15, -0.1) is 0 Å². The minimum absolute atomic E-state index is 0.000886. The lowest BCUT2D eigenvalue weighted by Crippen LogP contribution is -2.41. The number of carbonyl (C=O) groups is 1. The Balaban J connectivity index is 1.95. The standard InChI is InChI=1S/C13H19BrN4O3/c1-21-12-10(14)6-16-13(17-12)18-4-2-3-9(8-18)5-15-7-11(19)20/h6,9,15H,2-5,7-8H2,1H3,(H,19,20). The molecule has 0 saturated carbocycles. The molecule has 1 aliphatic heterocycles. The lowest BCUT2D eigenvalue weighted by Gasteiger charge is -2.32. The van der Waals surface area contributed by atoms with E-state index in [0.717, 1.165) is 30.4 Å². The van der Waals surface area contributed by atoms with Crippen LogP contribution in [0.4, 0.5) is 5.95 Å². The van der Waals surface area contributed by atoms with Crippen molar-refractivity contribution in [2.45, 2.75) is 12.8 Å². The Labute approximate surface area is 131 Å². The molecule has 0 aliphatic carbocycles. The van der Waals surface area contributed by atoms with Crippen molar-refractivity contribution in [1.82, 2.24) is 15.3 Å². The predicted molar refractivity (Wildman–Crippen MR) is 81.7 cm³/mol. The van der Waals surface area contributed by atoms with Crippen LogP contribution in [0.25, 0.3) is 0 Å². The molecule has 7 nitrogen and oxygen atoms in total. The fourth-order valence-corrected chi connectivity index (χ4v) is 2.79. The lowest BCUT2D eigenvalue weighted by molar-refractivity contribution is -0.136. The summed E-state index contributed by atoms with van der Waals surface area (Å²) in [6, 6.07) is 0. The number of rotatable bonds is 6. The number of piperidine rings is 1. The van der Waals surface area contributed by atoms with Crippen molar-refractivity contribution in [2.75, 3.05) is 38.2 Å². The molecule has 1 aliphatic rings. The molecule has 1 atom stereocenters. The summed E-state index contributed by atoms with van der Waals surface area (Å²) in [7, 11) is 1.58. The van der Waals surface area contributed by atoms with Crippen molar-refractivity contribution < 1.29 is 14.6 Å². The van der Waals surface area contributed by atoms with Crippen molar-refractivity contribution in [3.05, 3.63) is 10.7 Å². The van der Waals surface area contributed by atoms with Crippen LogP contribution < -0.4 is 15.0 Å². The Morgan fingerprint density at radius 2 is 2.48 bits per heavy atom. The van der Waals surface area contributed by atoms with Crippen molar-refractivity contribution >= 4 is 27.8 Å². The van der Waals surface area contributed by atoms with Gasteiger partial charge in [0.05, 0.1) is 24.3 Å². The van der Waals surface area contributed by atoms with E-state index in [0.29, 0.717) is 24.3 Å². The third kappa shape index (κ3) is 4.53. The normalized spacial score (nSPS) is 18.6. The second-order valence-corrected chi connectivity index (χ2v) is 5.86. The summed E-state index contributed by atoms with van der Waals surface area (Å²) in [6.07, 6.45) is 3.81. The largest absolute Gasteiger partial charge is 0.480 e. The molecular formula is C13H19BrN4O3. The number of hydrogen-bond donors (Lipinski definition) is 2. The van der Waals surface area contributed by atoms with Gasteiger partial charge in [-0.2, -0.15) is 4.98 Å². The molecule has 0 aromatic carbocycles. The zero-order valence-electron chi connectivity index (χ0n) is 11.9. The van der Waals surface area contributed by atoms with E-state index < -0.39 is 5.97 Å². The highest BCUT2D eigenvalue weighted by atomic mass is 79.9. The molecule has 0 bridgehead atoms. The second-order valence-electron chi connectivity index (χ2n) is 5.01. The van der Waals surface area contributed by atoms with Crippen LogP contribution in [-0.4, -0.2) is 54.3 Å². The molecule has 1 fully saturated rings. The molecule has 1 saturated heterocycles. The highest BCUT2D eigenvalue weighted by molar-refractivity contribution is 9.10. The third-order valence-corrected chi connectivity index (χ3v) is 3.95. The molecule has 2 rings (SSSR count). The minimum atomic E-state index is -0.830. The third-order valence-electron chi connectivity index (χ3n) is 3.40. The van der Waals surface area contributed by atoms with Crippen LogP contribution in [0, 0.1) is 5.92 Å². The average Bonchev–Trinajstić information content (AvgIpc) is 2.47. The van der Waals surface area contributed by atoms with E-state index in [-0.39, 0.29) is 6.54 Å². The minimum Gasteiger partial charge on any atom is -0.480 e.